The van der Waals surface area contributed by atoms with Crippen LogP contribution in [0.3, 0.4) is 0 Å². The summed E-state index contributed by atoms with van der Waals surface area (Å²) >= 11 is 0. The number of methoxy groups -OCH3 is 3. The van der Waals surface area contributed by atoms with E-state index >= 15 is 0 Å². The van der Waals surface area contributed by atoms with E-state index in [4.69, 9.17) is 18.9 Å². The second kappa shape index (κ2) is 11.6. The number of carbonyl (C=O) groups is 4. The Morgan fingerprint density at radius 3 is 2.31 bits per heavy atom. The van der Waals surface area contributed by atoms with E-state index in [1.807, 2.05) is 0 Å². The molecule has 1 fully saturated rings. The van der Waals surface area contributed by atoms with E-state index in [1.165, 1.54) is 50.5 Å². The molecule has 35 heavy (non-hydrogen) atoms. The number of carbonyl (C=O) groups excluding carboxylic acids is 4. The zero-order valence-electron chi connectivity index (χ0n) is 20.1. The lowest BCUT2D eigenvalue weighted by Crippen LogP contribution is -2.49. The first-order valence-corrected chi connectivity index (χ1v) is 11.0. The van der Waals surface area contributed by atoms with Gasteiger partial charge in [0.05, 0.1) is 37.9 Å². The van der Waals surface area contributed by atoms with E-state index in [0.29, 0.717) is 17.0 Å². The third kappa shape index (κ3) is 5.67. The van der Waals surface area contributed by atoms with Gasteiger partial charge in [0.1, 0.15) is 11.8 Å². The molecule has 2 aromatic carbocycles. The molecule has 0 bridgehead atoms. The number of anilines is 1. The van der Waals surface area contributed by atoms with E-state index in [1.54, 1.807) is 31.2 Å². The van der Waals surface area contributed by atoms with Crippen molar-refractivity contribution in [2.45, 2.75) is 25.7 Å². The molecule has 1 heterocycles. The van der Waals surface area contributed by atoms with Crippen molar-refractivity contribution >= 4 is 29.4 Å². The van der Waals surface area contributed by atoms with Crippen LogP contribution in [0.15, 0.2) is 48.5 Å². The van der Waals surface area contributed by atoms with E-state index in [0.717, 1.165) is 4.90 Å². The summed E-state index contributed by atoms with van der Waals surface area (Å²) in [7, 11) is 4.32. The number of esters is 1. The molecule has 1 atom stereocenters. The fraction of sp³-hybridized carbons (Fsp3) is 0.360. The normalized spacial score (nSPS) is 15.5. The number of rotatable bonds is 10. The number of ether oxygens (including phenoxy) is 4. The van der Waals surface area contributed by atoms with Crippen LogP contribution in [-0.4, -0.2) is 75.4 Å². The van der Waals surface area contributed by atoms with Crippen LogP contribution in [0.4, 0.5) is 5.69 Å². The molecule has 0 radical (unpaired) electrons. The summed E-state index contributed by atoms with van der Waals surface area (Å²) < 4.78 is 20.7. The quantitative estimate of drug-likeness (QED) is 0.287. The lowest BCUT2D eigenvalue weighted by Gasteiger charge is -2.30. The number of hydrogen-bond acceptors (Lipinski definition) is 8. The number of hydrogen-bond donors (Lipinski definition) is 0. The van der Waals surface area contributed by atoms with Gasteiger partial charge in [-0.15, -0.1) is 0 Å². The third-order valence-electron chi connectivity index (χ3n) is 5.58. The van der Waals surface area contributed by atoms with E-state index in [9.17, 15) is 19.2 Å². The van der Waals surface area contributed by atoms with Gasteiger partial charge >= 0.3 is 5.97 Å². The number of nitrogens with zero attached hydrogens (tertiary/aromatic N) is 2. The van der Waals surface area contributed by atoms with Crippen molar-refractivity contribution in [3.63, 3.8) is 0 Å². The molecule has 1 saturated heterocycles. The van der Waals surface area contributed by atoms with Crippen molar-refractivity contribution in [3.05, 3.63) is 59.7 Å². The van der Waals surface area contributed by atoms with E-state index in [2.05, 4.69) is 0 Å². The fourth-order valence-electron chi connectivity index (χ4n) is 3.77. The Balaban J connectivity index is 1.91. The van der Waals surface area contributed by atoms with Gasteiger partial charge in [-0.2, -0.15) is 0 Å². The van der Waals surface area contributed by atoms with Gasteiger partial charge in [0.2, 0.25) is 5.91 Å². The van der Waals surface area contributed by atoms with Crippen LogP contribution in [0.5, 0.6) is 5.75 Å². The molecule has 10 heteroatoms. The molecule has 0 aliphatic carbocycles. The summed E-state index contributed by atoms with van der Waals surface area (Å²) in [6.07, 6.45) is -1.03. The molecule has 0 N–H and O–H groups in total. The van der Waals surface area contributed by atoms with Crippen LogP contribution < -0.4 is 9.64 Å². The van der Waals surface area contributed by atoms with Crippen molar-refractivity contribution < 1.29 is 38.1 Å². The maximum absolute atomic E-state index is 13.5. The Labute approximate surface area is 203 Å². The van der Waals surface area contributed by atoms with Crippen molar-refractivity contribution in [3.8, 4) is 5.75 Å². The minimum atomic E-state index is -1.07. The maximum atomic E-state index is 13.5. The van der Waals surface area contributed by atoms with Gasteiger partial charge in [0.15, 0.2) is 6.29 Å². The van der Waals surface area contributed by atoms with Gasteiger partial charge in [-0.1, -0.05) is 6.07 Å². The van der Waals surface area contributed by atoms with Crippen LogP contribution in [0.25, 0.3) is 0 Å². The van der Waals surface area contributed by atoms with Gasteiger partial charge in [0, 0.05) is 19.8 Å². The summed E-state index contributed by atoms with van der Waals surface area (Å²) in [6, 6.07) is 11.4. The average molecular weight is 485 g/mol. The Morgan fingerprint density at radius 2 is 1.71 bits per heavy atom. The Kier molecular flexibility index (Phi) is 8.56. The highest BCUT2D eigenvalue weighted by Crippen LogP contribution is 2.28. The lowest BCUT2D eigenvalue weighted by atomic mass is 10.1. The van der Waals surface area contributed by atoms with Crippen LogP contribution in [-0.2, 0) is 23.8 Å². The first kappa shape index (κ1) is 25.9. The van der Waals surface area contributed by atoms with Gasteiger partial charge in [0.25, 0.3) is 11.8 Å². The predicted molar refractivity (Wildman–Crippen MR) is 125 cm³/mol. The highest BCUT2D eigenvalue weighted by molar-refractivity contribution is 6.23. The fourth-order valence-corrected chi connectivity index (χ4v) is 3.77. The van der Waals surface area contributed by atoms with Gasteiger partial charge in [-0.05, 0) is 49.4 Å². The number of imide groups is 1. The average Bonchev–Trinajstić information content (AvgIpc) is 3.18. The van der Waals surface area contributed by atoms with Crippen LogP contribution in [0.2, 0.25) is 0 Å². The van der Waals surface area contributed by atoms with Gasteiger partial charge in [-0.3, -0.25) is 14.4 Å². The summed E-state index contributed by atoms with van der Waals surface area (Å²) in [6.45, 7) is 1.85. The third-order valence-corrected chi connectivity index (χ3v) is 5.58. The van der Waals surface area contributed by atoms with Crippen LogP contribution in [0, 0.1) is 0 Å². The first-order valence-electron chi connectivity index (χ1n) is 11.0. The van der Waals surface area contributed by atoms with Crippen molar-refractivity contribution in [1.82, 2.24) is 4.90 Å². The molecular weight excluding hydrogens is 456 g/mol. The molecule has 3 amide bonds. The molecule has 0 aromatic heterocycles. The summed E-state index contributed by atoms with van der Waals surface area (Å²) in [5.74, 6) is -1.55. The molecule has 1 aliphatic heterocycles. The van der Waals surface area contributed by atoms with E-state index < -0.39 is 36.0 Å². The summed E-state index contributed by atoms with van der Waals surface area (Å²) in [5, 5.41) is 0. The zero-order valence-corrected chi connectivity index (χ0v) is 20.1. The monoisotopic (exact) mass is 484 g/mol. The lowest BCUT2D eigenvalue weighted by molar-refractivity contribution is -0.128. The van der Waals surface area contributed by atoms with Gasteiger partial charge in [-0.25, -0.2) is 9.69 Å². The van der Waals surface area contributed by atoms with Gasteiger partial charge < -0.3 is 23.8 Å². The number of benzene rings is 2. The molecule has 10 nitrogen and oxygen atoms in total. The zero-order chi connectivity index (χ0) is 25.5. The molecule has 1 unspecified atom stereocenters. The predicted octanol–water partition coefficient (Wildman–Crippen LogP) is 2.27. The first-order chi connectivity index (χ1) is 16.8. The van der Waals surface area contributed by atoms with Crippen LogP contribution in [0.1, 0.15) is 34.1 Å². The van der Waals surface area contributed by atoms with Crippen molar-refractivity contribution in [2.24, 2.45) is 0 Å². The maximum Gasteiger partial charge on any atom is 0.338 e. The molecule has 186 valence electrons. The molecule has 0 saturated carbocycles. The van der Waals surface area contributed by atoms with Crippen molar-refractivity contribution in [1.29, 1.82) is 0 Å². The summed E-state index contributed by atoms with van der Waals surface area (Å²) in [5.41, 5.74) is 0.872. The largest absolute Gasteiger partial charge is 0.497 e. The second-order valence-corrected chi connectivity index (χ2v) is 7.65. The Bertz CT molecular complexity index is 1080. The minimum absolute atomic E-state index is 0.0810. The minimum Gasteiger partial charge on any atom is -0.497 e. The molecule has 1 aliphatic rings. The van der Waals surface area contributed by atoms with Crippen LogP contribution >= 0.6 is 0 Å². The summed E-state index contributed by atoms with van der Waals surface area (Å²) in [4.78, 5) is 54.0. The van der Waals surface area contributed by atoms with Crippen molar-refractivity contribution in [2.75, 3.05) is 39.4 Å². The molecule has 2 aromatic rings. The Hall–Kier alpha value is -3.76. The Morgan fingerprint density at radius 1 is 1.03 bits per heavy atom. The number of amides is 3. The topological polar surface area (TPSA) is 112 Å². The highest BCUT2D eigenvalue weighted by Gasteiger charge is 2.45. The highest BCUT2D eigenvalue weighted by atomic mass is 16.7. The van der Waals surface area contributed by atoms with E-state index in [-0.39, 0.29) is 25.1 Å². The molecular formula is C25H28N2O8. The second-order valence-electron chi connectivity index (χ2n) is 7.65. The standard InChI is InChI=1S/C25H28N2O8/c1-5-35-25(31)16-9-11-18(12-10-16)27-21(28)14-20(24(27)30)26(15-22(33-3)34-4)23(29)17-7-6-8-19(13-17)32-2/h6-13,20,22H,5,14-15H2,1-4H3. The molecule has 3 rings (SSSR count). The smallest absolute Gasteiger partial charge is 0.338 e. The SMILES string of the molecule is CCOC(=O)c1ccc(N2C(=O)CC(N(CC(OC)OC)C(=O)c3cccc(OC)c3)C2=O)cc1. The molecule has 0 spiro atoms.